The molecule has 0 amide bonds. The molecular weight excluding hydrogens is 447 g/mol. The van der Waals surface area contributed by atoms with Gasteiger partial charge in [0.1, 0.15) is 0 Å². The van der Waals surface area contributed by atoms with E-state index in [2.05, 4.69) is 78.9 Å². The van der Waals surface area contributed by atoms with Gasteiger partial charge in [-0.05, 0) is 33.8 Å². The van der Waals surface area contributed by atoms with Crippen molar-refractivity contribution in [1.82, 2.24) is 0 Å². The number of allylic oxidation sites excluding steroid dienone is 1. The van der Waals surface area contributed by atoms with E-state index in [4.69, 9.17) is 5.11 Å². The summed E-state index contributed by atoms with van der Waals surface area (Å²) in [7, 11) is 0. The maximum Gasteiger partial charge on any atom is 3.00 e. The van der Waals surface area contributed by atoms with Gasteiger partial charge < -0.3 is 29.9 Å². The Morgan fingerprint density at radius 1 is 0.833 bits per heavy atom. The minimum absolute atomic E-state index is 0. The number of hydrogen-bond donors (Lipinski definition) is 1. The van der Waals surface area contributed by atoms with Crippen molar-refractivity contribution in [3.63, 3.8) is 0 Å². The van der Waals surface area contributed by atoms with Gasteiger partial charge in [-0.1, -0.05) is 75.4 Å². The van der Waals surface area contributed by atoms with Crippen molar-refractivity contribution >= 4 is 11.6 Å². The summed E-state index contributed by atoms with van der Waals surface area (Å²) >= 11 is 0. The zero-order valence-corrected chi connectivity index (χ0v) is 20.6. The van der Waals surface area contributed by atoms with Crippen LogP contribution in [0.3, 0.4) is 0 Å². The Kier molecular flexibility index (Phi) is 12.6. The number of benzene rings is 3. The van der Waals surface area contributed by atoms with Crippen molar-refractivity contribution in [2.45, 2.75) is 26.7 Å². The smallest absolute Gasteiger partial charge is 1.00 e. The van der Waals surface area contributed by atoms with E-state index >= 15 is 0 Å². The van der Waals surface area contributed by atoms with Crippen LogP contribution in [0.4, 0.5) is 0 Å². The van der Waals surface area contributed by atoms with E-state index in [1.807, 2.05) is 32.9 Å². The predicted molar refractivity (Wildman–Crippen MR) is 114 cm³/mol. The van der Waals surface area contributed by atoms with Gasteiger partial charge in [0.15, 0.2) is 0 Å². The number of rotatable bonds is 2. The molecule has 3 aromatic carbocycles. The average molecular weight is 474 g/mol. The van der Waals surface area contributed by atoms with E-state index in [-0.39, 0.29) is 64.5 Å². The molecule has 1 radical (unpaired) electrons. The monoisotopic (exact) mass is 473 g/mol. The van der Waals surface area contributed by atoms with Gasteiger partial charge in [-0.2, -0.15) is 35.9 Å². The van der Waals surface area contributed by atoms with Crippen LogP contribution in [0.2, 0.25) is 0 Å². The Bertz CT molecular complexity index is 903. The van der Waals surface area contributed by atoms with Gasteiger partial charge in [-0.15, -0.1) is 0 Å². The van der Waals surface area contributed by atoms with Crippen molar-refractivity contribution < 1.29 is 51.6 Å². The van der Waals surface area contributed by atoms with E-state index in [1.165, 1.54) is 27.8 Å². The third-order valence-electron chi connectivity index (χ3n) is 4.55. The van der Waals surface area contributed by atoms with Crippen LogP contribution in [0.15, 0.2) is 78.9 Å². The zero-order valence-electron chi connectivity index (χ0n) is 17.6. The zero-order chi connectivity index (χ0) is 19.3. The van der Waals surface area contributed by atoms with Gasteiger partial charge in [-0.3, -0.25) is 0 Å². The number of aliphatic hydroxyl groups excluding tert-OH is 1. The fourth-order valence-corrected chi connectivity index (χ4v) is 3.13. The standard InChI is InChI=1S/C21H15.C5H12O.2ClH.Ti/c1-3-9-16(10-4-1)20-15-18-13-7-8-14-19(18)21(20)17-11-5-2-6-12-17;1-5(2,3)4-6;;;/h1-11,13-15,21H;6H,4H2,1-3H3;2*1H;/q-1;;;;+3/p-2. The molecule has 0 fully saturated rings. The van der Waals surface area contributed by atoms with Crippen LogP contribution in [0.5, 0.6) is 0 Å². The molecule has 1 aliphatic rings. The van der Waals surface area contributed by atoms with Gasteiger partial charge >= 0.3 is 21.7 Å². The van der Waals surface area contributed by atoms with Gasteiger partial charge in [-0.25, -0.2) is 0 Å². The molecule has 1 nitrogen and oxygen atoms in total. The second kappa shape index (κ2) is 13.1. The quantitative estimate of drug-likeness (QED) is 0.416. The summed E-state index contributed by atoms with van der Waals surface area (Å²) in [4.78, 5) is 0. The first kappa shape index (κ1) is 28.7. The van der Waals surface area contributed by atoms with E-state index < -0.39 is 0 Å². The van der Waals surface area contributed by atoms with Crippen LogP contribution in [-0.4, -0.2) is 11.7 Å². The molecule has 3 aromatic rings. The first-order valence-corrected chi connectivity index (χ1v) is 9.43. The number of fused-ring (bicyclic) bond motifs is 1. The summed E-state index contributed by atoms with van der Waals surface area (Å²) in [5.41, 5.74) is 6.67. The average Bonchev–Trinajstić information content (AvgIpc) is 3.09. The summed E-state index contributed by atoms with van der Waals surface area (Å²) in [5.74, 6) is 0.282. The summed E-state index contributed by atoms with van der Waals surface area (Å²) in [6.07, 6.45) is 2.32. The second-order valence-electron chi connectivity index (χ2n) is 8.06. The van der Waals surface area contributed by atoms with Crippen molar-refractivity contribution in [2.24, 2.45) is 5.41 Å². The molecule has 0 aliphatic heterocycles. The molecular formula is C26H27Cl2OTi. The molecule has 0 aromatic heterocycles. The van der Waals surface area contributed by atoms with E-state index in [0.717, 1.165) is 0 Å². The van der Waals surface area contributed by atoms with Gasteiger partial charge in [0.25, 0.3) is 0 Å². The summed E-state index contributed by atoms with van der Waals surface area (Å²) in [6.45, 7) is 6.25. The van der Waals surface area contributed by atoms with Crippen LogP contribution >= 0.6 is 0 Å². The maximum absolute atomic E-state index is 8.40. The van der Waals surface area contributed by atoms with E-state index in [0.29, 0.717) is 0 Å². The Hall–Kier alpha value is -1.35. The fourth-order valence-electron chi connectivity index (χ4n) is 3.13. The molecule has 1 aliphatic carbocycles. The molecule has 0 saturated heterocycles. The normalized spacial score (nSPS) is 13.9. The molecule has 1 atom stereocenters. The topological polar surface area (TPSA) is 20.2 Å². The van der Waals surface area contributed by atoms with Gasteiger partial charge in [0.2, 0.25) is 0 Å². The SMILES string of the molecule is CC(C)(C)CO.[Cl-].[Cl-].[Ti+3].[c-]1ccccc1C1C(c2ccccc2)=Cc2ccccc21. The number of aliphatic hydroxyl groups is 1. The second-order valence-corrected chi connectivity index (χ2v) is 8.06. The molecule has 4 rings (SSSR count). The molecule has 30 heavy (non-hydrogen) atoms. The minimum atomic E-state index is 0. The Labute approximate surface area is 208 Å². The predicted octanol–water partition coefficient (Wildman–Crippen LogP) is 0.203. The number of halogens is 2. The number of hydrogen-bond acceptors (Lipinski definition) is 1. The molecule has 4 heteroatoms. The molecule has 0 spiro atoms. The van der Waals surface area contributed by atoms with Crippen molar-refractivity contribution in [3.05, 3.63) is 107 Å². The maximum atomic E-state index is 8.40. The van der Waals surface area contributed by atoms with Crippen molar-refractivity contribution in [2.75, 3.05) is 6.61 Å². The van der Waals surface area contributed by atoms with Crippen LogP contribution in [-0.2, 0) is 21.7 Å². The van der Waals surface area contributed by atoms with Gasteiger partial charge in [0, 0.05) is 12.5 Å². The fraction of sp³-hybridized carbons (Fsp3) is 0.231. The Morgan fingerprint density at radius 2 is 1.40 bits per heavy atom. The Morgan fingerprint density at radius 3 is 1.97 bits per heavy atom. The Balaban J connectivity index is 0.000000834. The molecule has 0 heterocycles. The molecule has 0 saturated carbocycles. The molecule has 0 bridgehead atoms. The summed E-state index contributed by atoms with van der Waals surface area (Å²) in [5, 5.41) is 8.40. The third kappa shape index (κ3) is 7.41. The first-order valence-electron chi connectivity index (χ1n) is 9.43. The molecule has 1 N–H and O–H groups in total. The minimum Gasteiger partial charge on any atom is -1.00 e. The van der Waals surface area contributed by atoms with Crippen LogP contribution in [0.1, 0.15) is 48.9 Å². The van der Waals surface area contributed by atoms with Crippen molar-refractivity contribution in [3.8, 4) is 0 Å². The summed E-state index contributed by atoms with van der Waals surface area (Å²) < 4.78 is 0. The van der Waals surface area contributed by atoms with Crippen LogP contribution < -0.4 is 24.8 Å². The first-order chi connectivity index (χ1) is 13.0. The molecule has 1 unspecified atom stereocenters. The van der Waals surface area contributed by atoms with E-state index in [1.54, 1.807) is 0 Å². The largest absolute Gasteiger partial charge is 3.00 e. The van der Waals surface area contributed by atoms with Crippen LogP contribution in [0.25, 0.3) is 11.6 Å². The molecule has 155 valence electrons. The van der Waals surface area contributed by atoms with Crippen molar-refractivity contribution in [1.29, 1.82) is 0 Å². The third-order valence-corrected chi connectivity index (χ3v) is 4.55. The van der Waals surface area contributed by atoms with Gasteiger partial charge in [0.05, 0.1) is 0 Å². The summed E-state index contributed by atoms with van der Waals surface area (Å²) in [6, 6.07) is 31.0. The van der Waals surface area contributed by atoms with E-state index in [9.17, 15) is 0 Å². The van der Waals surface area contributed by atoms with Crippen LogP contribution in [0, 0.1) is 11.5 Å².